The average molecular weight is 510 g/mol. The third-order valence-corrected chi connectivity index (χ3v) is 4.62. The molecule has 0 aliphatic rings. The predicted octanol–water partition coefficient (Wildman–Crippen LogP) is 7.52. The number of halogens is 9. The first-order valence-corrected chi connectivity index (χ1v) is 9.79. The number of aryl methyl sites for hydroxylation is 1. The van der Waals surface area contributed by atoms with Crippen LogP contribution in [0.2, 0.25) is 0 Å². The molecular formula is C23H15F9O3. The van der Waals surface area contributed by atoms with E-state index in [4.69, 9.17) is 0 Å². The molecule has 0 radical (unpaired) electrons. The van der Waals surface area contributed by atoms with Gasteiger partial charge >= 0.3 is 18.8 Å². The van der Waals surface area contributed by atoms with Crippen molar-refractivity contribution >= 4 is 0 Å². The number of ether oxygens (including phenoxy) is 3. The van der Waals surface area contributed by atoms with Crippen LogP contribution in [0.25, 0.3) is 0 Å². The molecule has 0 fully saturated rings. The highest BCUT2D eigenvalue weighted by atomic mass is 19.3. The van der Waals surface area contributed by atoms with Gasteiger partial charge in [0.05, 0.1) is 11.1 Å². The largest absolute Gasteiger partial charge is 0.429 e. The minimum Gasteiger partial charge on any atom is -0.429 e. The van der Waals surface area contributed by atoms with Crippen molar-refractivity contribution in [1.82, 2.24) is 0 Å². The smallest absolute Gasteiger partial charge is 0.429 e. The molecule has 3 aromatic rings. The molecule has 0 heterocycles. The molecule has 0 saturated heterocycles. The van der Waals surface area contributed by atoms with Crippen molar-refractivity contribution in [3.63, 3.8) is 0 Å². The molecule has 0 spiro atoms. The van der Waals surface area contributed by atoms with E-state index in [0.29, 0.717) is 24.1 Å². The maximum Gasteiger partial charge on any atom is 0.429 e. The van der Waals surface area contributed by atoms with E-state index in [2.05, 4.69) is 14.2 Å². The molecule has 3 nitrogen and oxygen atoms in total. The second-order valence-electron chi connectivity index (χ2n) is 7.02. The van der Waals surface area contributed by atoms with Crippen LogP contribution >= 0.6 is 0 Å². The van der Waals surface area contributed by atoms with Crippen LogP contribution in [0.1, 0.15) is 23.6 Å². The molecule has 0 saturated carbocycles. The third kappa shape index (κ3) is 6.11. The molecule has 12 heteroatoms. The molecule has 188 valence electrons. The van der Waals surface area contributed by atoms with Crippen LogP contribution in [-0.4, -0.2) is 6.61 Å². The number of rotatable bonds is 9. The van der Waals surface area contributed by atoms with Gasteiger partial charge in [0.25, 0.3) is 0 Å². The summed E-state index contributed by atoms with van der Waals surface area (Å²) < 4.78 is 136. The van der Waals surface area contributed by atoms with Crippen LogP contribution in [-0.2, 0) is 18.6 Å². The van der Waals surface area contributed by atoms with Crippen molar-refractivity contribution in [3.8, 4) is 17.2 Å². The average Bonchev–Trinajstić information content (AvgIpc) is 2.75. The fraction of sp³-hybridized carbons (Fsp3) is 0.217. The fourth-order valence-corrected chi connectivity index (χ4v) is 2.94. The SMILES string of the molecule is CCc1ccc(C(F)(F)Oc2ccc(C(F)(F)Oc3cc(F)c(OC(F)F)c(F)c3)cc2)c(F)c1. The summed E-state index contributed by atoms with van der Waals surface area (Å²) in [5.41, 5.74) is -1.51. The highest BCUT2D eigenvalue weighted by Gasteiger charge is 2.39. The number of hydrogen-bond donors (Lipinski definition) is 0. The Morgan fingerprint density at radius 1 is 0.714 bits per heavy atom. The van der Waals surface area contributed by atoms with Crippen molar-refractivity contribution in [2.75, 3.05) is 0 Å². The molecule has 0 aromatic heterocycles. The van der Waals surface area contributed by atoms with Crippen molar-refractivity contribution in [2.45, 2.75) is 32.2 Å². The van der Waals surface area contributed by atoms with Crippen LogP contribution < -0.4 is 14.2 Å². The highest BCUT2D eigenvalue weighted by molar-refractivity contribution is 5.36. The van der Waals surface area contributed by atoms with E-state index in [0.717, 1.165) is 24.3 Å². The van der Waals surface area contributed by atoms with Gasteiger partial charge in [-0.3, -0.25) is 0 Å². The maximum atomic E-state index is 14.4. The van der Waals surface area contributed by atoms with Crippen LogP contribution in [0.15, 0.2) is 54.6 Å². The molecule has 0 amide bonds. The second kappa shape index (κ2) is 9.96. The fourth-order valence-electron chi connectivity index (χ4n) is 2.94. The molecule has 0 unspecified atom stereocenters. The quantitative estimate of drug-likeness (QED) is 0.279. The molecule has 3 aromatic carbocycles. The molecule has 3 rings (SSSR count). The minimum atomic E-state index is -4.23. The maximum absolute atomic E-state index is 14.4. The van der Waals surface area contributed by atoms with E-state index in [1.165, 1.54) is 6.07 Å². The minimum absolute atomic E-state index is 0.200. The summed E-state index contributed by atoms with van der Waals surface area (Å²) in [6, 6.07) is 6.15. The van der Waals surface area contributed by atoms with Crippen molar-refractivity contribution in [2.24, 2.45) is 0 Å². The van der Waals surface area contributed by atoms with Crippen LogP contribution in [0, 0.1) is 17.5 Å². The van der Waals surface area contributed by atoms with Gasteiger partial charge in [-0.1, -0.05) is 13.0 Å². The summed E-state index contributed by atoms with van der Waals surface area (Å²) in [6.07, 6.45) is -7.95. The Labute approximate surface area is 192 Å². The lowest BCUT2D eigenvalue weighted by atomic mass is 10.1. The summed E-state index contributed by atoms with van der Waals surface area (Å²) in [6.45, 7) is -1.86. The van der Waals surface area contributed by atoms with Gasteiger partial charge in [0.1, 0.15) is 17.3 Å². The van der Waals surface area contributed by atoms with E-state index in [1.807, 2.05) is 0 Å². The lowest BCUT2D eigenvalue weighted by Gasteiger charge is -2.21. The van der Waals surface area contributed by atoms with Gasteiger partial charge in [0, 0.05) is 12.1 Å². The summed E-state index contributed by atoms with van der Waals surface area (Å²) in [5.74, 6) is -7.81. The van der Waals surface area contributed by atoms with Crippen LogP contribution in [0.4, 0.5) is 39.5 Å². The van der Waals surface area contributed by atoms with Gasteiger partial charge < -0.3 is 14.2 Å². The summed E-state index contributed by atoms with van der Waals surface area (Å²) in [4.78, 5) is 0. The normalized spacial score (nSPS) is 12.1. The van der Waals surface area contributed by atoms with Gasteiger partial charge in [-0.05, 0) is 48.4 Å². The monoisotopic (exact) mass is 510 g/mol. The Morgan fingerprint density at radius 2 is 1.29 bits per heavy atom. The number of alkyl halides is 6. The summed E-state index contributed by atoms with van der Waals surface area (Å²) >= 11 is 0. The number of benzene rings is 3. The van der Waals surface area contributed by atoms with E-state index in [9.17, 15) is 39.5 Å². The standard InChI is InChI=1S/C23H15F9O3/c1-2-12-3-8-16(17(24)9-12)23(31,32)34-14-6-4-13(5-7-14)22(29,30)35-15-10-18(25)20(19(26)11-15)33-21(27)28/h3-11,21H,2H2,1H3. The summed E-state index contributed by atoms with van der Waals surface area (Å²) in [5, 5.41) is 0. The zero-order chi connectivity index (χ0) is 26.0. The highest BCUT2D eigenvalue weighted by Crippen LogP contribution is 2.37. The van der Waals surface area contributed by atoms with Crippen molar-refractivity contribution in [1.29, 1.82) is 0 Å². The van der Waals surface area contributed by atoms with Gasteiger partial charge in [-0.15, -0.1) is 0 Å². The van der Waals surface area contributed by atoms with Gasteiger partial charge in [0.15, 0.2) is 17.4 Å². The molecule has 0 bridgehead atoms. The molecule has 0 aliphatic carbocycles. The first-order valence-electron chi connectivity index (χ1n) is 9.79. The Balaban J connectivity index is 1.76. The Bertz CT molecular complexity index is 1160. The molecule has 0 aliphatic heterocycles. The molecular weight excluding hydrogens is 495 g/mol. The van der Waals surface area contributed by atoms with Crippen LogP contribution in [0.3, 0.4) is 0 Å². The Morgan fingerprint density at radius 3 is 1.80 bits per heavy atom. The van der Waals surface area contributed by atoms with E-state index in [-0.39, 0.29) is 12.1 Å². The topological polar surface area (TPSA) is 27.7 Å². The summed E-state index contributed by atoms with van der Waals surface area (Å²) in [7, 11) is 0. The molecule has 0 atom stereocenters. The lowest BCUT2D eigenvalue weighted by Crippen LogP contribution is -2.24. The molecule has 35 heavy (non-hydrogen) atoms. The lowest BCUT2D eigenvalue weighted by molar-refractivity contribution is -0.188. The van der Waals surface area contributed by atoms with Crippen molar-refractivity contribution in [3.05, 3.63) is 88.7 Å². The second-order valence-corrected chi connectivity index (χ2v) is 7.02. The van der Waals surface area contributed by atoms with Gasteiger partial charge in [-0.25, -0.2) is 13.2 Å². The van der Waals surface area contributed by atoms with E-state index >= 15 is 0 Å². The third-order valence-electron chi connectivity index (χ3n) is 4.62. The zero-order valence-corrected chi connectivity index (χ0v) is 17.6. The van der Waals surface area contributed by atoms with E-state index in [1.54, 1.807) is 6.92 Å². The van der Waals surface area contributed by atoms with Crippen molar-refractivity contribution < 1.29 is 53.7 Å². The van der Waals surface area contributed by atoms with Crippen LogP contribution in [0.5, 0.6) is 17.2 Å². The van der Waals surface area contributed by atoms with E-state index < -0.39 is 64.7 Å². The van der Waals surface area contributed by atoms with Gasteiger partial charge in [-0.2, -0.15) is 26.3 Å². The Kier molecular flexibility index (Phi) is 7.41. The van der Waals surface area contributed by atoms with Gasteiger partial charge in [0.2, 0.25) is 0 Å². The molecule has 0 N–H and O–H groups in total. The first-order chi connectivity index (χ1) is 16.3. The zero-order valence-electron chi connectivity index (χ0n) is 17.6. The first kappa shape index (κ1) is 26.0. The predicted molar refractivity (Wildman–Crippen MR) is 104 cm³/mol. The Hall–Kier alpha value is -3.57. The number of hydrogen-bond acceptors (Lipinski definition) is 3.